The molecule has 0 bridgehead atoms. The average Bonchev–Trinajstić information content (AvgIpc) is 2.33. The Bertz CT molecular complexity index is 526. The molecule has 0 N–H and O–H groups in total. The standard InChI is InChI=1S/C11H6Cl2N2O/c12-9-2-1-8(3-10(9)13)11-14-4-7(6-16)5-15-11/h1-6H. The molecule has 0 saturated heterocycles. The van der Waals surface area contributed by atoms with Gasteiger partial charge in [-0.1, -0.05) is 23.2 Å². The fraction of sp³-hybridized carbons (Fsp3) is 0. The highest BCUT2D eigenvalue weighted by atomic mass is 35.5. The summed E-state index contributed by atoms with van der Waals surface area (Å²) in [6.07, 6.45) is 3.61. The van der Waals surface area contributed by atoms with Crippen LogP contribution in [0.5, 0.6) is 0 Å². The molecule has 0 aliphatic rings. The zero-order chi connectivity index (χ0) is 11.5. The van der Waals surface area contributed by atoms with Gasteiger partial charge in [0, 0.05) is 18.0 Å². The van der Waals surface area contributed by atoms with Crippen LogP contribution in [0, 0.1) is 0 Å². The molecule has 80 valence electrons. The molecule has 0 atom stereocenters. The van der Waals surface area contributed by atoms with Crippen LogP contribution in [0.15, 0.2) is 30.6 Å². The molecular formula is C11H6Cl2N2O. The minimum Gasteiger partial charge on any atom is -0.298 e. The molecular weight excluding hydrogens is 247 g/mol. The van der Waals surface area contributed by atoms with E-state index >= 15 is 0 Å². The summed E-state index contributed by atoms with van der Waals surface area (Å²) in [5.41, 5.74) is 1.19. The fourth-order valence-electron chi connectivity index (χ4n) is 1.18. The van der Waals surface area contributed by atoms with E-state index < -0.39 is 0 Å². The van der Waals surface area contributed by atoms with E-state index in [4.69, 9.17) is 23.2 Å². The Kier molecular flexibility index (Phi) is 3.17. The average molecular weight is 253 g/mol. The van der Waals surface area contributed by atoms with Crippen LogP contribution >= 0.6 is 23.2 Å². The van der Waals surface area contributed by atoms with Crippen molar-refractivity contribution in [2.45, 2.75) is 0 Å². The lowest BCUT2D eigenvalue weighted by atomic mass is 10.2. The molecule has 0 fully saturated rings. The molecule has 2 aromatic rings. The van der Waals surface area contributed by atoms with E-state index in [1.165, 1.54) is 12.4 Å². The van der Waals surface area contributed by atoms with Crippen molar-refractivity contribution in [3.05, 3.63) is 46.2 Å². The maximum absolute atomic E-state index is 10.4. The number of carbonyl (C=O) groups is 1. The quantitative estimate of drug-likeness (QED) is 0.771. The maximum Gasteiger partial charge on any atom is 0.159 e. The van der Waals surface area contributed by atoms with Crippen LogP contribution in [0.2, 0.25) is 10.0 Å². The molecule has 1 aromatic carbocycles. The number of carbonyl (C=O) groups excluding carboxylic acids is 1. The molecule has 3 nitrogen and oxygen atoms in total. The Hall–Kier alpha value is -1.45. The summed E-state index contributed by atoms with van der Waals surface area (Å²) in [7, 11) is 0. The Morgan fingerprint density at radius 2 is 1.75 bits per heavy atom. The van der Waals surface area contributed by atoms with Gasteiger partial charge in [-0.2, -0.15) is 0 Å². The SMILES string of the molecule is O=Cc1cnc(-c2ccc(Cl)c(Cl)c2)nc1. The lowest BCUT2D eigenvalue weighted by Crippen LogP contribution is -1.91. The van der Waals surface area contributed by atoms with Gasteiger partial charge in [-0.25, -0.2) is 9.97 Å². The van der Waals surface area contributed by atoms with E-state index in [2.05, 4.69) is 9.97 Å². The number of benzene rings is 1. The van der Waals surface area contributed by atoms with E-state index in [9.17, 15) is 4.79 Å². The number of halogens is 2. The second kappa shape index (κ2) is 4.60. The largest absolute Gasteiger partial charge is 0.298 e. The van der Waals surface area contributed by atoms with Gasteiger partial charge in [-0.3, -0.25) is 4.79 Å². The second-order valence-electron chi connectivity index (χ2n) is 3.09. The molecule has 16 heavy (non-hydrogen) atoms. The summed E-state index contributed by atoms with van der Waals surface area (Å²) < 4.78 is 0. The van der Waals surface area contributed by atoms with Crippen LogP contribution in [0.1, 0.15) is 10.4 Å². The first-order valence-corrected chi connectivity index (χ1v) is 5.19. The first-order chi connectivity index (χ1) is 7.70. The van der Waals surface area contributed by atoms with Crippen molar-refractivity contribution in [1.82, 2.24) is 9.97 Å². The summed E-state index contributed by atoms with van der Waals surface area (Å²) in [6.45, 7) is 0. The Labute approximate surface area is 102 Å². The molecule has 5 heteroatoms. The second-order valence-corrected chi connectivity index (χ2v) is 3.90. The van der Waals surface area contributed by atoms with Crippen LogP contribution in [0.4, 0.5) is 0 Å². The van der Waals surface area contributed by atoms with E-state index in [0.717, 1.165) is 5.56 Å². The summed E-state index contributed by atoms with van der Waals surface area (Å²) in [6, 6.07) is 5.13. The molecule has 0 unspecified atom stereocenters. The van der Waals surface area contributed by atoms with Gasteiger partial charge in [-0.15, -0.1) is 0 Å². The highest BCUT2D eigenvalue weighted by Crippen LogP contribution is 2.26. The fourth-order valence-corrected chi connectivity index (χ4v) is 1.48. The topological polar surface area (TPSA) is 42.9 Å². The predicted octanol–water partition coefficient (Wildman–Crippen LogP) is 3.26. The highest BCUT2D eigenvalue weighted by Gasteiger charge is 2.04. The highest BCUT2D eigenvalue weighted by molar-refractivity contribution is 6.42. The van der Waals surface area contributed by atoms with Crippen LogP contribution in [-0.4, -0.2) is 16.3 Å². The Morgan fingerprint density at radius 1 is 1.06 bits per heavy atom. The lowest BCUT2D eigenvalue weighted by molar-refractivity contribution is 0.112. The van der Waals surface area contributed by atoms with Crippen molar-refractivity contribution in [3.63, 3.8) is 0 Å². The number of hydrogen-bond acceptors (Lipinski definition) is 3. The molecule has 0 spiro atoms. The minimum absolute atomic E-state index is 0.434. The van der Waals surface area contributed by atoms with Crippen molar-refractivity contribution >= 4 is 29.5 Å². The van der Waals surface area contributed by atoms with Gasteiger partial charge in [0.25, 0.3) is 0 Å². The first-order valence-electron chi connectivity index (χ1n) is 4.43. The van der Waals surface area contributed by atoms with Gasteiger partial charge in [-0.05, 0) is 18.2 Å². The van der Waals surface area contributed by atoms with Crippen LogP contribution in [0.25, 0.3) is 11.4 Å². The molecule has 2 rings (SSSR count). The van der Waals surface area contributed by atoms with Crippen molar-refractivity contribution < 1.29 is 4.79 Å². The van der Waals surface area contributed by atoms with Crippen molar-refractivity contribution in [2.24, 2.45) is 0 Å². The van der Waals surface area contributed by atoms with Crippen LogP contribution in [-0.2, 0) is 0 Å². The number of hydrogen-bond donors (Lipinski definition) is 0. The molecule has 0 aliphatic carbocycles. The van der Waals surface area contributed by atoms with E-state index in [1.54, 1.807) is 18.2 Å². The monoisotopic (exact) mass is 252 g/mol. The van der Waals surface area contributed by atoms with Crippen molar-refractivity contribution in [1.29, 1.82) is 0 Å². The lowest BCUT2D eigenvalue weighted by Gasteiger charge is -2.01. The van der Waals surface area contributed by atoms with Gasteiger partial charge in [0.1, 0.15) is 0 Å². The maximum atomic E-state index is 10.4. The molecule has 1 aromatic heterocycles. The predicted molar refractivity (Wildman–Crippen MR) is 62.9 cm³/mol. The third kappa shape index (κ3) is 2.21. The van der Waals surface area contributed by atoms with Crippen molar-refractivity contribution in [3.8, 4) is 11.4 Å². The normalized spacial score (nSPS) is 10.1. The Morgan fingerprint density at radius 3 is 2.31 bits per heavy atom. The van der Waals surface area contributed by atoms with Crippen molar-refractivity contribution in [2.75, 3.05) is 0 Å². The zero-order valence-corrected chi connectivity index (χ0v) is 9.53. The van der Waals surface area contributed by atoms with Gasteiger partial charge in [0.2, 0.25) is 0 Å². The molecule has 0 saturated carbocycles. The smallest absolute Gasteiger partial charge is 0.159 e. The minimum atomic E-state index is 0.434. The molecule has 0 amide bonds. The number of aldehydes is 1. The number of nitrogens with zero attached hydrogens (tertiary/aromatic N) is 2. The summed E-state index contributed by atoms with van der Waals surface area (Å²) >= 11 is 11.7. The van der Waals surface area contributed by atoms with Gasteiger partial charge in [0.05, 0.1) is 15.6 Å². The Balaban J connectivity index is 2.42. The van der Waals surface area contributed by atoms with Crippen LogP contribution < -0.4 is 0 Å². The summed E-state index contributed by atoms with van der Waals surface area (Å²) in [5.74, 6) is 0.504. The molecule has 0 radical (unpaired) electrons. The number of rotatable bonds is 2. The van der Waals surface area contributed by atoms with E-state index in [-0.39, 0.29) is 0 Å². The summed E-state index contributed by atoms with van der Waals surface area (Å²) in [5, 5.41) is 0.928. The number of aromatic nitrogens is 2. The van der Waals surface area contributed by atoms with Gasteiger partial charge >= 0.3 is 0 Å². The molecule has 0 aliphatic heterocycles. The van der Waals surface area contributed by atoms with E-state index in [1.807, 2.05) is 0 Å². The van der Waals surface area contributed by atoms with Crippen LogP contribution in [0.3, 0.4) is 0 Å². The van der Waals surface area contributed by atoms with Gasteiger partial charge in [0.15, 0.2) is 12.1 Å². The first kappa shape index (κ1) is 11.0. The van der Waals surface area contributed by atoms with E-state index in [0.29, 0.717) is 27.7 Å². The summed E-state index contributed by atoms with van der Waals surface area (Å²) in [4.78, 5) is 18.5. The third-order valence-electron chi connectivity index (χ3n) is 1.99. The van der Waals surface area contributed by atoms with Gasteiger partial charge < -0.3 is 0 Å². The zero-order valence-electron chi connectivity index (χ0n) is 8.02. The molecule has 1 heterocycles. The third-order valence-corrected chi connectivity index (χ3v) is 2.72.